The molecule has 1 aliphatic rings. The van der Waals surface area contributed by atoms with Gasteiger partial charge in [0.25, 0.3) is 0 Å². The summed E-state index contributed by atoms with van der Waals surface area (Å²) < 4.78 is 28.3. The molecule has 0 aliphatic carbocycles. The second kappa shape index (κ2) is 50.5. The average Bonchev–Trinajstić information content (AvgIpc) is 3.39. The third-order valence-electron chi connectivity index (χ3n) is 12.6. The largest absolute Gasteiger partial charge is 0.479 e. The summed E-state index contributed by atoms with van der Waals surface area (Å²) >= 11 is 0. The Labute approximate surface area is 453 Å². The number of carboxylic acid groups (broad SMARTS) is 1. The highest BCUT2D eigenvalue weighted by Gasteiger charge is 2.50. The zero-order chi connectivity index (χ0) is 54.7. The summed E-state index contributed by atoms with van der Waals surface area (Å²) in [4.78, 5) is 51.1. The highest BCUT2D eigenvalue weighted by molar-refractivity contribution is 5.74. The molecule has 0 radical (unpaired) electrons. The number of allylic oxidation sites excluding steroid dienone is 16. The van der Waals surface area contributed by atoms with Crippen LogP contribution in [0.4, 0.5) is 0 Å². The average molecular weight is 1050 g/mol. The molecule has 1 rings (SSSR count). The van der Waals surface area contributed by atoms with Crippen LogP contribution >= 0.6 is 0 Å². The van der Waals surface area contributed by atoms with Gasteiger partial charge in [-0.25, -0.2) is 4.79 Å². The lowest BCUT2D eigenvalue weighted by Gasteiger charge is -2.40. The smallest absolute Gasteiger partial charge is 0.335 e. The van der Waals surface area contributed by atoms with Crippen molar-refractivity contribution in [1.82, 2.24) is 0 Å². The number of hydrogen-bond donors (Lipinski definition) is 3. The molecule has 12 heteroatoms. The van der Waals surface area contributed by atoms with Crippen LogP contribution in [0.5, 0.6) is 0 Å². The number of hydrogen-bond acceptors (Lipinski definition) is 11. The van der Waals surface area contributed by atoms with Gasteiger partial charge in [0.2, 0.25) is 0 Å². The molecule has 1 fully saturated rings. The number of aliphatic hydroxyl groups is 2. The van der Waals surface area contributed by atoms with E-state index in [1.807, 2.05) is 0 Å². The minimum atomic E-state index is -1.92. The van der Waals surface area contributed by atoms with Gasteiger partial charge < -0.3 is 39.0 Å². The predicted octanol–water partition coefficient (Wildman–Crippen LogP) is 14.9. The van der Waals surface area contributed by atoms with Crippen molar-refractivity contribution >= 4 is 23.9 Å². The van der Waals surface area contributed by atoms with Gasteiger partial charge in [-0.05, 0) is 122 Å². The molecule has 0 aromatic heterocycles. The Morgan fingerprint density at radius 2 is 0.840 bits per heavy atom. The van der Waals surface area contributed by atoms with Crippen molar-refractivity contribution in [2.24, 2.45) is 0 Å². The second-order valence-corrected chi connectivity index (χ2v) is 19.5. The van der Waals surface area contributed by atoms with Crippen molar-refractivity contribution in [3.05, 3.63) is 97.2 Å². The van der Waals surface area contributed by atoms with E-state index in [-0.39, 0.29) is 25.9 Å². The summed E-state index contributed by atoms with van der Waals surface area (Å²) in [6.45, 7) is 5.76. The van der Waals surface area contributed by atoms with E-state index in [1.165, 1.54) is 38.5 Å². The van der Waals surface area contributed by atoms with E-state index in [9.17, 15) is 34.5 Å². The number of rotatable bonds is 48. The first-order chi connectivity index (χ1) is 36.6. The highest BCUT2D eigenvalue weighted by Crippen LogP contribution is 2.26. The number of aliphatic carboxylic acids is 1. The summed E-state index contributed by atoms with van der Waals surface area (Å²) in [6, 6.07) is 0. The van der Waals surface area contributed by atoms with Crippen molar-refractivity contribution < 1.29 is 58.2 Å². The number of unbranched alkanes of at least 4 members (excludes halogenated alkanes) is 18. The topological polar surface area (TPSA) is 175 Å². The van der Waals surface area contributed by atoms with E-state index in [4.69, 9.17) is 23.7 Å². The molecule has 0 spiro atoms. The van der Waals surface area contributed by atoms with E-state index < -0.39 is 67.3 Å². The molecule has 1 saturated heterocycles. The lowest BCUT2D eigenvalue weighted by Crippen LogP contribution is -2.61. The molecule has 426 valence electrons. The molecule has 0 amide bonds. The molecule has 0 aromatic carbocycles. The molecule has 0 saturated carbocycles. The molecule has 1 heterocycles. The van der Waals surface area contributed by atoms with Crippen LogP contribution < -0.4 is 0 Å². The highest BCUT2D eigenvalue weighted by atomic mass is 16.7. The maximum absolute atomic E-state index is 13.1. The Kier molecular flexibility index (Phi) is 46.2. The van der Waals surface area contributed by atoms with Crippen molar-refractivity contribution in [2.75, 3.05) is 13.2 Å². The van der Waals surface area contributed by atoms with Gasteiger partial charge in [0.05, 0.1) is 6.61 Å². The molecule has 1 aliphatic heterocycles. The zero-order valence-electron chi connectivity index (χ0n) is 46.8. The SMILES string of the molecule is CC/C=C\C/C=C\C/C=C\C/C=C\CCCCC(=O)OCC(COC1OC(C(=O)O)C(O)C(O)C1OC(=O)CCCCCCC/C=C\C/C=C\CCCCC)OC(=O)CCCCCCC/C=C\C/C=C\CCCCC. The molecule has 12 nitrogen and oxygen atoms in total. The Hall–Kier alpha value is -4.36. The Morgan fingerprint density at radius 3 is 1.31 bits per heavy atom. The fourth-order valence-electron chi connectivity index (χ4n) is 8.12. The van der Waals surface area contributed by atoms with E-state index in [0.29, 0.717) is 19.3 Å². The first kappa shape index (κ1) is 68.7. The summed E-state index contributed by atoms with van der Waals surface area (Å²) in [7, 11) is 0. The van der Waals surface area contributed by atoms with E-state index >= 15 is 0 Å². The normalized spacial score (nSPS) is 18.9. The van der Waals surface area contributed by atoms with Gasteiger partial charge in [-0.1, -0.05) is 182 Å². The van der Waals surface area contributed by atoms with Gasteiger partial charge in [-0.3, -0.25) is 14.4 Å². The van der Waals surface area contributed by atoms with Crippen molar-refractivity contribution in [3.8, 4) is 0 Å². The lowest BCUT2D eigenvalue weighted by molar-refractivity contribution is -0.301. The number of aliphatic hydroxyl groups excluding tert-OH is 2. The molecule has 0 aromatic rings. The van der Waals surface area contributed by atoms with E-state index in [2.05, 4.69) is 118 Å². The maximum atomic E-state index is 13.1. The van der Waals surface area contributed by atoms with E-state index in [1.54, 1.807) is 0 Å². The predicted molar refractivity (Wildman–Crippen MR) is 303 cm³/mol. The summed E-state index contributed by atoms with van der Waals surface area (Å²) in [5, 5.41) is 31.5. The quantitative estimate of drug-likeness (QED) is 0.0228. The van der Waals surface area contributed by atoms with Crippen LogP contribution in [-0.2, 0) is 42.9 Å². The zero-order valence-corrected chi connectivity index (χ0v) is 46.8. The third kappa shape index (κ3) is 40.6. The number of carbonyl (C=O) groups excluding carboxylic acids is 3. The van der Waals surface area contributed by atoms with Crippen LogP contribution in [0.1, 0.15) is 226 Å². The first-order valence-electron chi connectivity index (χ1n) is 29.2. The minimum absolute atomic E-state index is 0.0344. The van der Waals surface area contributed by atoms with Crippen LogP contribution in [-0.4, -0.2) is 89.2 Å². The van der Waals surface area contributed by atoms with Crippen LogP contribution in [0.15, 0.2) is 97.2 Å². The molecular formula is C63H102O12. The monoisotopic (exact) mass is 1050 g/mol. The van der Waals surface area contributed by atoms with Crippen LogP contribution in [0.3, 0.4) is 0 Å². The number of ether oxygens (including phenoxy) is 5. The van der Waals surface area contributed by atoms with Crippen molar-refractivity contribution in [2.45, 2.75) is 263 Å². The second-order valence-electron chi connectivity index (χ2n) is 19.5. The van der Waals surface area contributed by atoms with Crippen LogP contribution in [0.25, 0.3) is 0 Å². The fraction of sp³-hybridized carbons (Fsp3) is 0.683. The summed E-state index contributed by atoms with van der Waals surface area (Å²) in [5.74, 6) is -3.22. The molecule has 6 unspecified atom stereocenters. The molecule has 6 atom stereocenters. The number of esters is 3. The number of carbonyl (C=O) groups is 4. The number of carboxylic acids is 1. The Bertz CT molecular complexity index is 1670. The maximum Gasteiger partial charge on any atom is 0.335 e. The van der Waals surface area contributed by atoms with Gasteiger partial charge in [-0.15, -0.1) is 0 Å². The van der Waals surface area contributed by atoms with Crippen molar-refractivity contribution in [3.63, 3.8) is 0 Å². The molecule has 0 bridgehead atoms. The molecular weight excluding hydrogens is 949 g/mol. The van der Waals surface area contributed by atoms with Crippen LogP contribution in [0, 0.1) is 0 Å². The van der Waals surface area contributed by atoms with Gasteiger partial charge in [0, 0.05) is 19.3 Å². The van der Waals surface area contributed by atoms with Gasteiger partial charge in [0.15, 0.2) is 24.6 Å². The lowest BCUT2D eigenvalue weighted by atomic mass is 9.98. The summed E-state index contributed by atoms with van der Waals surface area (Å²) in [6.07, 6.45) is 53.7. The van der Waals surface area contributed by atoms with Gasteiger partial charge in [-0.2, -0.15) is 0 Å². The fourth-order valence-corrected chi connectivity index (χ4v) is 8.12. The standard InChI is InChI=1S/C63H102O12/c1-4-7-10-13-16-19-22-25-28-31-34-37-40-43-46-49-55(64)71-52-54(73-56(65)50-47-44-41-38-35-32-29-26-23-20-17-14-11-8-5-2)53-72-63-61(59(68)58(67)60(75-63)62(69)70)74-57(66)51-48-45-42-39-36-33-30-27-24-21-18-15-12-9-6-3/h7,10,16-21,25-30,34,37,54,58-61,63,67-68H,4-6,8-9,11-15,22-24,31-33,35-36,38-53H2,1-3H3,(H,69,70)/b10-7-,19-16-,20-17-,21-18-,28-25-,29-26-,30-27-,37-34-. The van der Waals surface area contributed by atoms with E-state index in [0.717, 1.165) is 128 Å². The minimum Gasteiger partial charge on any atom is -0.479 e. The van der Waals surface area contributed by atoms with Gasteiger partial charge in [0.1, 0.15) is 18.8 Å². The Morgan fingerprint density at radius 1 is 0.453 bits per heavy atom. The van der Waals surface area contributed by atoms with Crippen LogP contribution in [0.2, 0.25) is 0 Å². The third-order valence-corrected chi connectivity index (χ3v) is 12.6. The molecule has 75 heavy (non-hydrogen) atoms. The first-order valence-corrected chi connectivity index (χ1v) is 29.2. The van der Waals surface area contributed by atoms with Gasteiger partial charge >= 0.3 is 23.9 Å². The molecule has 3 N–H and O–H groups in total. The summed E-state index contributed by atoms with van der Waals surface area (Å²) in [5.41, 5.74) is 0. The van der Waals surface area contributed by atoms with Crippen molar-refractivity contribution in [1.29, 1.82) is 0 Å². The Balaban J connectivity index is 2.75.